The molecule has 1 fully saturated rings. The van der Waals surface area contributed by atoms with E-state index in [2.05, 4.69) is 0 Å². The summed E-state index contributed by atoms with van der Waals surface area (Å²) in [5.74, 6) is -2.92. The molecule has 1 aliphatic rings. The van der Waals surface area contributed by atoms with E-state index in [0.717, 1.165) is 0 Å². The van der Waals surface area contributed by atoms with Crippen LogP contribution in [-0.2, 0) is 4.74 Å². The summed E-state index contributed by atoms with van der Waals surface area (Å²) in [7, 11) is 0. The zero-order valence-electron chi connectivity index (χ0n) is 8.55. The zero-order valence-corrected chi connectivity index (χ0v) is 8.55. The van der Waals surface area contributed by atoms with E-state index in [1.807, 2.05) is 0 Å². The van der Waals surface area contributed by atoms with Gasteiger partial charge in [-0.25, -0.2) is 13.2 Å². The molecule has 0 aliphatic carbocycles. The van der Waals surface area contributed by atoms with E-state index >= 15 is 0 Å². The second kappa shape index (κ2) is 4.43. The molecule has 5 heteroatoms. The van der Waals surface area contributed by atoms with Gasteiger partial charge in [0.15, 0.2) is 0 Å². The van der Waals surface area contributed by atoms with Gasteiger partial charge in [0.25, 0.3) is 0 Å². The summed E-state index contributed by atoms with van der Waals surface area (Å²) < 4.78 is 44.6. The third-order valence-corrected chi connectivity index (χ3v) is 2.85. The second-order valence-corrected chi connectivity index (χ2v) is 3.93. The largest absolute Gasteiger partial charge is 0.381 e. The standard InChI is InChI=1S/C11H12F3NO/c12-7-3-8(13)10(9(14)4-7)11(15)6-1-2-16-5-6/h3-4,6,11H,1-2,5,15H2. The Bertz CT molecular complexity index is 368. The van der Waals surface area contributed by atoms with Gasteiger partial charge in [0.1, 0.15) is 17.5 Å². The van der Waals surface area contributed by atoms with Crippen LogP contribution in [0, 0.1) is 23.4 Å². The van der Waals surface area contributed by atoms with Crippen LogP contribution >= 0.6 is 0 Å². The average Bonchev–Trinajstić information content (AvgIpc) is 2.67. The van der Waals surface area contributed by atoms with Crippen LogP contribution in [0.4, 0.5) is 13.2 Å². The lowest BCUT2D eigenvalue weighted by Gasteiger charge is -2.19. The maximum atomic E-state index is 13.4. The maximum absolute atomic E-state index is 13.4. The summed E-state index contributed by atoms with van der Waals surface area (Å²) in [6, 6.07) is 0.505. The lowest BCUT2D eigenvalue weighted by molar-refractivity contribution is 0.180. The van der Waals surface area contributed by atoms with Gasteiger partial charge in [0.2, 0.25) is 0 Å². The molecule has 0 aromatic heterocycles. The molecule has 0 bridgehead atoms. The van der Waals surface area contributed by atoms with Crippen molar-refractivity contribution in [2.75, 3.05) is 13.2 Å². The number of hydrogen-bond acceptors (Lipinski definition) is 2. The summed E-state index contributed by atoms with van der Waals surface area (Å²) in [6.45, 7) is 0.931. The van der Waals surface area contributed by atoms with Gasteiger partial charge in [-0.15, -0.1) is 0 Å². The van der Waals surface area contributed by atoms with E-state index in [-0.39, 0.29) is 11.5 Å². The lowest BCUT2D eigenvalue weighted by atomic mass is 9.92. The molecule has 1 aliphatic heterocycles. The molecule has 1 aromatic carbocycles. The summed E-state index contributed by atoms with van der Waals surface area (Å²) in [5.41, 5.74) is 5.52. The normalized spacial score (nSPS) is 22.4. The van der Waals surface area contributed by atoms with Gasteiger partial charge in [-0.3, -0.25) is 0 Å². The van der Waals surface area contributed by atoms with Gasteiger partial charge in [-0.1, -0.05) is 0 Å². The van der Waals surface area contributed by atoms with Gasteiger partial charge in [0, 0.05) is 36.3 Å². The Morgan fingerprint density at radius 3 is 2.38 bits per heavy atom. The van der Waals surface area contributed by atoms with Crippen LogP contribution in [0.25, 0.3) is 0 Å². The Balaban J connectivity index is 2.31. The van der Waals surface area contributed by atoms with Crippen molar-refractivity contribution in [1.29, 1.82) is 0 Å². The van der Waals surface area contributed by atoms with Crippen LogP contribution in [0.3, 0.4) is 0 Å². The minimum absolute atomic E-state index is 0.116. The van der Waals surface area contributed by atoms with Crippen molar-refractivity contribution in [1.82, 2.24) is 0 Å². The van der Waals surface area contributed by atoms with Gasteiger partial charge in [-0.2, -0.15) is 0 Å². The zero-order chi connectivity index (χ0) is 11.7. The molecule has 0 radical (unpaired) electrons. The van der Waals surface area contributed by atoms with E-state index in [4.69, 9.17) is 10.5 Å². The number of benzene rings is 1. The molecule has 2 atom stereocenters. The molecule has 2 N–H and O–H groups in total. The fourth-order valence-electron chi connectivity index (χ4n) is 1.94. The van der Waals surface area contributed by atoms with Crippen molar-refractivity contribution in [3.63, 3.8) is 0 Å². The summed E-state index contributed by atoms with van der Waals surface area (Å²) in [6.07, 6.45) is 0.664. The SMILES string of the molecule is NC(c1c(F)cc(F)cc1F)C1CCOC1. The molecule has 1 aromatic rings. The lowest BCUT2D eigenvalue weighted by Crippen LogP contribution is -2.24. The highest BCUT2D eigenvalue weighted by Gasteiger charge is 2.28. The molecule has 2 nitrogen and oxygen atoms in total. The van der Waals surface area contributed by atoms with E-state index in [9.17, 15) is 13.2 Å². The van der Waals surface area contributed by atoms with Crippen LogP contribution in [0.5, 0.6) is 0 Å². The van der Waals surface area contributed by atoms with Crippen molar-refractivity contribution < 1.29 is 17.9 Å². The first-order chi connectivity index (χ1) is 7.59. The van der Waals surface area contributed by atoms with Crippen molar-refractivity contribution in [2.45, 2.75) is 12.5 Å². The minimum atomic E-state index is -0.936. The molecule has 0 spiro atoms. The van der Waals surface area contributed by atoms with E-state index in [1.165, 1.54) is 0 Å². The summed E-state index contributed by atoms with van der Waals surface area (Å²) in [5, 5.41) is 0. The molecular formula is C11H12F3NO. The van der Waals surface area contributed by atoms with E-state index < -0.39 is 23.5 Å². The number of halogens is 3. The van der Waals surface area contributed by atoms with Crippen molar-refractivity contribution >= 4 is 0 Å². The Labute approximate surface area is 91.2 Å². The molecule has 2 rings (SSSR count). The van der Waals surface area contributed by atoms with E-state index in [0.29, 0.717) is 31.8 Å². The fraction of sp³-hybridized carbons (Fsp3) is 0.455. The minimum Gasteiger partial charge on any atom is -0.381 e. The average molecular weight is 231 g/mol. The topological polar surface area (TPSA) is 35.2 Å². The summed E-state index contributed by atoms with van der Waals surface area (Å²) in [4.78, 5) is 0. The Hall–Kier alpha value is -1.07. The number of rotatable bonds is 2. The van der Waals surface area contributed by atoms with Crippen LogP contribution in [0.1, 0.15) is 18.0 Å². The van der Waals surface area contributed by atoms with Crippen LogP contribution in [-0.4, -0.2) is 13.2 Å². The highest BCUT2D eigenvalue weighted by atomic mass is 19.1. The highest BCUT2D eigenvalue weighted by Crippen LogP contribution is 2.30. The molecule has 1 saturated heterocycles. The molecular weight excluding hydrogens is 219 g/mol. The third-order valence-electron chi connectivity index (χ3n) is 2.85. The van der Waals surface area contributed by atoms with Crippen molar-refractivity contribution in [2.24, 2.45) is 11.7 Å². The smallest absolute Gasteiger partial charge is 0.133 e. The first-order valence-electron chi connectivity index (χ1n) is 5.07. The molecule has 1 heterocycles. The number of ether oxygens (including phenoxy) is 1. The predicted molar refractivity (Wildman–Crippen MR) is 52.2 cm³/mol. The van der Waals surface area contributed by atoms with Gasteiger partial charge in [0.05, 0.1) is 6.61 Å². The Kier molecular flexibility index (Phi) is 3.16. The number of hydrogen-bond donors (Lipinski definition) is 1. The fourth-order valence-corrected chi connectivity index (χ4v) is 1.94. The first kappa shape index (κ1) is 11.4. The van der Waals surface area contributed by atoms with Crippen LogP contribution in [0.15, 0.2) is 12.1 Å². The molecule has 0 saturated carbocycles. The van der Waals surface area contributed by atoms with Gasteiger partial charge < -0.3 is 10.5 Å². The maximum Gasteiger partial charge on any atom is 0.133 e. The predicted octanol–water partition coefficient (Wildman–Crippen LogP) is 2.14. The Morgan fingerprint density at radius 2 is 1.88 bits per heavy atom. The van der Waals surface area contributed by atoms with Crippen molar-refractivity contribution in [3.8, 4) is 0 Å². The van der Waals surface area contributed by atoms with Crippen molar-refractivity contribution in [3.05, 3.63) is 35.1 Å². The number of nitrogens with two attached hydrogens (primary N) is 1. The third kappa shape index (κ3) is 2.05. The molecule has 16 heavy (non-hydrogen) atoms. The van der Waals surface area contributed by atoms with Gasteiger partial charge >= 0.3 is 0 Å². The van der Waals surface area contributed by atoms with Gasteiger partial charge in [-0.05, 0) is 6.42 Å². The van der Waals surface area contributed by atoms with Crippen LogP contribution in [0.2, 0.25) is 0 Å². The quantitative estimate of drug-likeness (QED) is 0.846. The molecule has 0 amide bonds. The monoisotopic (exact) mass is 231 g/mol. The summed E-state index contributed by atoms with van der Waals surface area (Å²) >= 11 is 0. The molecule has 2 unspecified atom stereocenters. The van der Waals surface area contributed by atoms with E-state index in [1.54, 1.807) is 0 Å². The Morgan fingerprint density at radius 1 is 1.25 bits per heavy atom. The highest BCUT2D eigenvalue weighted by molar-refractivity contribution is 5.24. The molecule has 88 valence electrons. The second-order valence-electron chi connectivity index (χ2n) is 3.93. The first-order valence-corrected chi connectivity index (χ1v) is 5.07. The van der Waals surface area contributed by atoms with Crippen LogP contribution < -0.4 is 5.73 Å².